The third-order valence-electron chi connectivity index (χ3n) is 5.25. The van der Waals surface area contributed by atoms with Gasteiger partial charge in [-0.1, -0.05) is 61.5 Å². The molecule has 0 saturated carbocycles. The van der Waals surface area contributed by atoms with Crippen molar-refractivity contribution in [1.82, 2.24) is 10.3 Å². The molecule has 0 saturated heterocycles. The van der Waals surface area contributed by atoms with Crippen molar-refractivity contribution in [3.05, 3.63) is 77.4 Å². The van der Waals surface area contributed by atoms with E-state index in [4.69, 9.17) is 14.5 Å². The van der Waals surface area contributed by atoms with Crippen molar-refractivity contribution < 1.29 is 27.5 Å². The minimum atomic E-state index is -1.75. The number of carboxylic acids is 1. The zero-order valence-corrected chi connectivity index (χ0v) is 21.7. The molecule has 0 bridgehead atoms. The van der Waals surface area contributed by atoms with E-state index in [0.29, 0.717) is 32.6 Å². The van der Waals surface area contributed by atoms with Crippen LogP contribution in [0.5, 0.6) is 0 Å². The van der Waals surface area contributed by atoms with Crippen LogP contribution in [-0.4, -0.2) is 36.7 Å². The van der Waals surface area contributed by atoms with Gasteiger partial charge in [0.2, 0.25) is 12.8 Å². The van der Waals surface area contributed by atoms with Gasteiger partial charge in [-0.05, 0) is 42.1 Å². The molecule has 4 aromatic rings. The number of rotatable bonds is 10. The fourth-order valence-electron chi connectivity index (χ4n) is 3.57. The maximum Gasteiger partial charge on any atom is 0.303 e. The zero-order valence-electron chi connectivity index (χ0n) is 20.8. The van der Waals surface area contributed by atoms with Crippen molar-refractivity contribution in [3.8, 4) is 33.2 Å². The molecule has 0 unspecified atom stereocenters. The highest BCUT2D eigenvalue weighted by Gasteiger charge is 2.15. The van der Waals surface area contributed by atoms with Crippen LogP contribution in [0.2, 0.25) is 0 Å². The van der Waals surface area contributed by atoms with E-state index in [0.717, 1.165) is 28.1 Å². The fourth-order valence-corrected chi connectivity index (χ4v) is 4.62. The molecule has 2 aromatic carbocycles. The first kappa shape index (κ1) is 29.8. The average Bonchev–Trinajstić information content (AvgIpc) is 3.59. The second kappa shape index (κ2) is 16.3. The molecule has 4 rings (SSSR count). The summed E-state index contributed by atoms with van der Waals surface area (Å²) in [5.74, 6) is -0.112. The highest BCUT2D eigenvalue weighted by molar-refractivity contribution is 7.15. The Hall–Kier alpha value is -3.43. The highest BCUT2D eigenvalue weighted by atomic mass is 32.1. The van der Waals surface area contributed by atoms with Crippen molar-refractivity contribution >= 4 is 17.3 Å². The van der Waals surface area contributed by atoms with Crippen LogP contribution < -0.4 is 5.32 Å². The quantitative estimate of drug-likeness (QED) is 0.205. The Labute approximate surface area is 219 Å². The normalized spacial score (nSPS) is 10.2. The van der Waals surface area contributed by atoms with Crippen molar-refractivity contribution in [2.45, 2.75) is 32.7 Å². The summed E-state index contributed by atoms with van der Waals surface area (Å²) in [5.41, 5.74) is 5.42. The Morgan fingerprint density at radius 3 is 2.35 bits per heavy atom. The molecule has 0 aliphatic carbocycles. The number of carboxylic acid groups (broad SMARTS) is 1. The third kappa shape index (κ3) is 9.18. The minimum Gasteiger partial charge on any atom is -0.481 e. The first-order valence-electron chi connectivity index (χ1n) is 11.7. The SMILES string of the molecule is CCc1sc(-c2nc(-c3ccc(CNCCCC(=O)O)cc3)co2)cc1-c1ccccc1.CF.FCF. The summed E-state index contributed by atoms with van der Waals surface area (Å²) in [6, 6.07) is 20.8. The molecule has 0 aliphatic rings. The van der Waals surface area contributed by atoms with Gasteiger partial charge in [-0.25, -0.2) is 13.8 Å². The van der Waals surface area contributed by atoms with E-state index >= 15 is 0 Å². The van der Waals surface area contributed by atoms with E-state index in [9.17, 15) is 18.0 Å². The fraction of sp³-hybridized carbons (Fsp3) is 0.286. The van der Waals surface area contributed by atoms with Crippen LogP contribution in [0.4, 0.5) is 13.2 Å². The van der Waals surface area contributed by atoms with Crippen LogP contribution in [0.1, 0.15) is 30.2 Å². The number of hydrogen-bond donors (Lipinski definition) is 2. The molecule has 0 amide bonds. The van der Waals surface area contributed by atoms with Crippen molar-refractivity contribution in [2.75, 3.05) is 20.7 Å². The number of nitrogens with one attached hydrogen (secondary N) is 1. The highest BCUT2D eigenvalue weighted by Crippen LogP contribution is 2.38. The molecule has 2 aromatic heterocycles. The lowest BCUT2D eigenvalue weighted by atomic mass is 10.1. The second-order valence-electron chi connectivity index (χ2n) is 7.68. The third-order valence-corrected chi connectivity index (χ3v) is 6.52. The number of oxazole rings is 1. The average molecular weight is 533 g/mol. The molecule has 5 nitrogen and oxygen atoms in total. The maximum absolute atomic E-state index is 10.6. The van der Waals surface area contributed by atoms with Gasteiger partial charge in [-0.3, -0.25) is 9.18 Å². The Morgan fingerprint density at radius 2 is 1.73 bits per heavy atom. The molecule has 0 radical (unpaired) electrons. The number of alkyl halides is 3. The van der Waals surface area contributed by atoms with E-state index in [1.165, 1.54) is 16.0 Å². The number of aromatic nitrogens is 1. The summed E-state index contributed by atoms with van der Waals surface area (Å²) >= 11 is 1.73. The van der Waals surface area contributed by atoms with Gasteiger partial charge in [-0.15, -0.1) is 11.3 Å². The predicted octanol–water partition coefficient (Wildman–Crippen LogP) is 7.72. The Bertz CT molecular complexity index is 1200. The van der Waals surface area contributed by atoms with Crippen LogP contribution in [0.25, 0.3) is 33.2 Å². The van der Waals surface area contributed by atoms with E-state index in [1.54, 1.807) is 17.6 Å². The standard InChI is InChI=1S/C26H26N2O3S.CH2F2.CH3F/c1-2-23-21(19-7-4-3-5-8-19)15-24(32-23)26-28-22(17-31-26)20-12-10-18(11-13-20)16-27-14-6-9-25(29)30;2-1-3;1-2/h3-5,7-8,10-13,15,17,27H,2,6,9,14,16H2,1H3,(H,29,30);1H2;1H3. The number of halogens is 3. The number of aryl methyl sites for hydroxylation is 1. The van der Waals surface area contributed by atoms with Gasteiger partial charge in [0, 0.05) is 23.4 Å². The zero-order chi connectivity index (χ0) is 27.0. The number of thiophene rings is 1. The molecule has 198 valence electrons. The van der Waals surface area contributed by atoms with Gasteiger partial charge < -0.3 is 14.8 Å². The van der Waals surface area contributed by atoms with Gasteiger partial charge in [0.1, 0.15) is 12.0 Å². The summed E-state index contributed by atoms with van der Waals surface area (Å²) in [4.78, 5) is 17.7. The summed E-state index contributed by atoms with van der Waals surface area (Å²) in [5, 5.41) is 12.0. The molecule has 0 fully saturated rings. The molecule has 0 spiro atoms. The van der Waals surface area contributed by atoms with Crippen LogP contribution in [0.15, 0.2) is 71.3 Å². The molecular weight excluding hydrogens is 501 g/mol. The number of benzene rings is 2. The van der Waals surface area contributed by atoms with Gasteiger partial charge in [-0.2, -0.15) is 0 Å². The van der Waals surface area contributed by atoms with Gasteiger partial charge >= 0.3 is 5.97 Å². The van der Waals surface area contributed by atoms with Crippen LogP contribution in [-0.2, 0) is 17.8 Å². The van der Waals surface area contributed by atoms with E-state index in [-0.39, 0.29) is 6.42 Å². The molecule has 2 heterocycles. The summed E-state index contributed by atoms with van der Waals surface area (Å²) < 4.78 is 34.6. The smallest absolute Gasteiger partial charge is 0.303 e. The molecule has 0 aliphatic heterocycles. The molecule has 2 N–H and O–H groups in total. The molecule has 0 atom stereocenters. The number of nitrogens with zero attached hydrogens (tertiary/aromatic N) is 1. The summed E-state index contributed by atoms with van der Waals surface area (Å²) in [6.07, 6.45) is 3.50. The van der Waals surface area contributed by atoms with Gasteiger partial charge in [0.25, 0.3) is 0 Å². The number of carbonyl (C=O) groups is 1. The molecule has 9 heteroatoms. The number of aliphatic carboxylic acids is 1. The predicted molar refractivity (Wildman–Crippen MR) is 143 cm³/mol. The summed E-state index contributed by atoms with van der Waals surface area (Å²) in [7, 11) is 0.500. The maximum atomic E-state index is 10.6. The largest absolute Gasteiger partial charge is 0.481 e. The monoisotopic (exact) mass is 532 g/mol. The van der Waals surface area contributed by atoms with Crippen molar-refractivity contribution in [2.24, 2.45) is 0 Å². The lowest BCUT2D eigenvalue weighted by Crippen LogP contribution is -2.15. The van der Waals surface area contributed by atoms with E-state index in [1.807, 2.05) is 18.2 Å². The molecular formula is C28H31F3N2O3S. The van der Waals surface area contributed by atoms with Gasteiger partial charge in [0.05, 0.1) is 12.1 Å². The first-order valence-corrected chi connectivity index (χ1v) is 12.5. The Morgan fingerprint density at radius 1 is 1.05 bits per heavy atom. The van der Waals surface area contributed by atoms with Crippen LogP contribution in [0.3, 0.4) is 0 Å². The summed E-state index contributed by atoms with van der Waals surface area (Å²) in [6.45, 7) is 1.82. The Balaban J connectivity index is 0.000000898. The van der Waals surface area contributed by atoms with E-state index < -0.39 is 12.9 Å². The van der Waals surface area contributed by atoms with Crippen LogP contribution >= 0.6 is 11.3 Å². The minimum absolute atomic E-state index is 0.192. The first-order chi connectivity index (χ1) is 18.0. The van der Waals surface area contributed by atoms with Crippen LogP contribution in [0, 0.1) is 0 Å². The van der Waals surface area contributed by atoms with Crippen molar-refractivity contribution in [3.63, 3.8) is 0 Å². The van der Waals surface area contributed by atoms with Crippen molar-refractivity contribution in [1.29, 1.82) is 0 Å². The topological polar surface area (TPSA) is 75.4 Å². The molecule has 37 heavy (non-hydrogen) atoms. The second-order valence-corrected chi connectivity index (χ2v) is 8.81. The lowest BCUT2D eigenvalue weighted by Gasteiger charge is -2.04. The lowest BCUT2D eigenvalue weighted by molar-refractivity contribution is -0.137. The van der Waals surface area contributed by atoms with E-state index in [2.05, 4.69) is 54.7 Å². The van der Waals surface area contributed by atoms with Gasteiger partial charge in [0.15, 0.2) is 0 Å². The number of hydrogen-bond acceptors (Lipinski definition) is 5. The Kier molecular flexibility index (Phi) is 13.2.